The number of hydrogen-bond acceptors (Lipinski definition) is 4. The number of hydrogen-bond donors (Lipinski definition) is 2. The first kappa shape index (κ1) is 16.6. The van der Waals surface area contributed by atoms with Crippen molar-refractivity contribution < 1.29 is 19.4 Å². The fraction of sp³-hybridized carbons (Fsp3) is 0.143. The van der Waals surface area contributed by atoms with Crippen molar-refractivity contribution in [1.29, 1.82) is 0 Å². The van der Waals surface area contributed by atoms with E-state index in [-0.39, 0.29) is 17.2 Å². The zero-order valence-electron chi connectivity index (χ0n) is 11.4. The SMILES string of the molecule is Cc1cc(C(=O)O)c(NC(=O)COc2ccc(Cl)cc2Cl)s1. The minimum Gasteiger partial charge on any atom is -0.482 e. The minimum atomic E-state index is -1.10. The topological polar surface area (TPSA) is 75.6 Å². The summed E-state index contributed by atoms with van der Waals surface area (Å²) >= 11 is 12.9. The molecule has 0 radical (unpaired) electrons. The van der Waals surface area contributed by atoms with Crippen molar-refractivity contribution in [3.05, 3.63) is 44.8 Å². The van der Waals surface area contributed by atoms with Crippen LogP contribution in [0, 0.1) is 6.92 Å². The van der Waals surface area contributed by atoms with Crippen LogP contribution in [0.1, 0.15) is 15.2 Å². The molecule has 0 aliphatic heterocycles. The highest BCUT2D eigenvalue weighted by molar-refractivity contribution is 7.16. The molecule has 1 aromatic carbocycles. The van der Waals surface area contributed by atoms with Crippen LogP contribution in [-0.2, 0) is 4.79 Å². The largest absolute Gasteiger partial charge is 0.482 e. The zero-order chi connectivity index (χ0) is 16.3. The van der Waals surface area contributed by atoms with Gasteiger partial charge < -0.3 is 15.2 Å². The number of carboxylic acids is 1. The molecular weight excluding hydrogens is 349 g/mol. The highest BCUT2D eigenvalue weighted by Crippen LogP contribution is 2.29. The molecule has 2 aromatic rings. The van der Waals surface area contributed by atoms with E-state index < -0.39 is 11.9 Å². The lowest BCUT2D eigenvalue weighted by Gasteiger charge is -2.08. The number of aromatic carboxylic acids is 1. The van der Waals surface area contributed by atoms with E-state index in [9.17, 15) is 9.59 Å². The Labute approximate surface area is 140 Å². The van der Waals surface area contributed by atoms with E-state index >= 15 is 0 Å². The number of carbonyl (C=O) groups is 2. The lowest BCUT2D eigenvalue weighted by Crippen LogP contribution is -2.20. The molecule has 0 bridgehead atoms. The van der Waals surface area contributed by atoms with Gasteiger partial charge in [0.1, 0.15) is 10.8 Å². The molecule has 5 nitrogen and oxygen atoms in total. The molecule has 8 heteroatoms. The van der Waals surface area contributed by atoms with E-state index in [0.717, 1.165) is 4.88 Å². The molecule has 1 heterocycles. The Morgan fingerprint density at radius 3 is 2.68 bits per heavy atom. The van der Waals surface area contributed by atoms with E-state index in [0.29, 0.717) is 15.8 Å². The number of amides is 1. The molecule has 0 spiro atoms. The molecule has 2 rings (SSSR count). The quantitative estimate of drug-likeness (QED) is 0.843. The molecule has 1 amide bonds. The van der Waals surface area contributed by atoms with Gasteiger partial charge in [0.05, 0.1) is 10.6 Å². The van der Waals surface area contributed by atoms with Gasteiger partial charge in [-0.15, -0.1) is 11.3 Å². The number of anilines is 1. The molecule has 1 aromatic heterocycles. The third-order valence-electron chi connectivity index (χ3n) is 2.59. The molecular formula is C14H11Cl2NO4S. The highest BCUT2D eigenvalue weighted by atomic mass is 35.5. The van der Waals surface area contributed by atoms with Crippen molar-refractivity contribution in [2.24, 2.45) is 0 Å². The fourth-order valence-electron chi connectivity index (χ4n) is 1.66. The number of ether oxygens (including phenoxy) is 1. The molecule has 0 aliphatic carbocycles. The van der Waals surface area contributed by atoms with Crippen LogP contribution in [0.2, 0.25) is 10.0 Å². The van der Waals surface area contributed by atoms with Gasteiger partial charge >= 0.3 is 5.97 Å². The minimum absolute atomic E-state index is 0.0559. The maximum Gasteiger partial charge on any atom is 0.338 e. The maximum absolute atomic E-state index is 11.9. The molecule has 0 unspecified atom stereocenters. The third-order valence-corrected chi connectivity index (χ3v) is 4.09. The second-order valence-corrected chi connectivity index (χ2v) is 6.42. The third kappa shape index (κ3) is 4.13. The molecule has 0 atom stereocenters. The van der Waals surface area contributed by atoms with Crippen molar-refractivity contribution in [2.75, 3.05) is 11.9 Å². The van der Waals surface area contributed by atoms with Crippen molar-refractivity contribution in [2.45, 2.75) is 6.92 Å². The Morgan fingerprint density at radius 1 is 1.32 bits per heavy atom. The Balaban J connectivity index is 2.00. The van der Waals surface area contributed by atoms with Gasteiger partial charge in [-0.2, -0.15) is 0 Å². The van der Waals surface area contributed by atoms with E-state index in [1.165, 1.54) is 23.5 Å². The van der Waals surface area contributed by atoms with Crippen LogP contribution in [0.15, 0.2) is 24.3 Å². The first-order valence-corrected chi connectivity index (χ1v) is 7.65. The number of thiophene rings is 1. The number of rotatable bonds is 5. The summed E-state index contributed by atoms with van der Waals surface area (Å²) in [6.07, 6.45) is 0. The van der Waals surface area contributed by atoms with E-state index in [4.69, 9.17) is 33.0 Å². The Hall–Kier alpha value is -1.76. The van der Waals surface area contributed by atoms with Gasteiger partial charge in [0, 0.05) is 9.90 Å². The van der Waals surface area contributed by atoms with Gasteiger partial charge in [-0.05, 0) is 31.2 Å². The van der Waals surface area contributed by atoms with Crippen LogP contribution < -0.4 is 10.1 Å². The van der Waals surface area contributed by atoms with Crippen molar-refractivity contribution in [1.82, 2.24) is 0 Å². The lowest BCUT2D eigenvalue weighted by molar-refractivity contribution is -0.118. The van der Waals surface area contributed by atoms with Gasteiger partial charge in [-0.3, -0.25) is 4.79 Å². The van der Waals surface area contributed by atoms with Crippen molar-refractivity contribution in [3.8, 4) is 5.75 Å². The van der Waals surface area contributed by atoms with Crippen LogP contribution in [0.5, 0.6) is 5.75 Å². The smallest absolute Gasteiger partial charge is 0.338 e. The second-order valence-electron chi connectivity index (χ2n) is 4.32. The Bertz CT molecular complexity index is 730. The van der Waals surface area contributed by atoms with Crippen LogP contribution in [-0.4, -0.2) is 23.6 Å². The highest BCUT2D eigenvalue weighted by Gasteiger charge is 2.16. The monoisotopic (exact) mass is 359 g/mol. The predicted octanol–water partition coefficient (Wildman–Crippen LogP) is 4.08. The number of carboxylic acid groups (broad SMARTS) is 1. The summed E-state index contributed by atoms with van der Waals surface area (Å²) in [6, 6.07) is 6.14. The summed E-state index contributed by atoms with van der Waals surface area (Å²) in [5.74, 6) is -1.25. The number of nitrogens with one attached hydrogen (secondary N) is 1. The summed E-state index contributed by atoms with van der Waals surface area (Å²) < 4.78 is 5.29. The molecule has 2 N–H and O–H groups in total. The second kappa shape index (κ2) is 7.00. The Morgan fingerprint density at radius 2 is 2.05 bits per heavy atom. The zero-order valence-corrected chi connectivity index (χ0v) is 13.7. The van der Waals surface area contributed by atoms with Crippen LogP contribution in [0.25, 0.3) is 0 Å². The Kier molecular flexibility index (Phi) is 5.28. The summed E-state index contributed by atoms with van der Waals surface area (Å²) in [5, 5.41) is 12.6. The van der Waals surface area contributed by atoms with Gasteiger partial charge in [0.25, 0.3) is 5.91 Å². The molecule has 116 valence electrons. The molecule has 0 fully saturated rings. The maximum atomic E-state index is 11.9. The lowest BCUT2D eigenvalue weighted by atomic mass is 10.3. The molecule has 0 saturated carbocycles. The van der Waals surface area contributed by atoms with E-state index in [1.54, 1.807) is 19.1 Å². The number of aryl methyl sites for hydroxylation is 1. The molecule has 0 aliphatic rings. The fourth-order valence-corrected chi connectivity index (χ4v) is 3.05. The predicted molar refractivity (Wildman–Crippen MR) is 86.6 cm³/mol. The molecule has 0 saturated heterocycles. The van der Waals surface area contributed by atoms with Crippen molar-refractivity contribution >= 4 is 51.4 Å². The van der Waals surface area contributed by atoms with Crippen molar-refractivity contribution in [3.63, 3.8) is 0 Å². The first-order chi connectivity index (χ1) is 10.4. The first-order valence-electron chi connectivity index (χ1n) is 6.08. The average Bonchev–Trinajstić information content (AvgIpc) is 2.78. The van der Waals surface area contributed by atoms with E-state index in [1.807, 2.05) is 0 Å². The van der Waals surface area contributed by atoms with Gasteiger partial charge in [0.2, 0.25) is 0 Å². The number of carbonyl (C=O) groups excluding carboxylic acids is 1. The normalized spacial score (nSPS) is 10.3. The summed E-state index contributed by atoms with van der Waals surface area (Å²) in [4.78, 5) is 23.7. The molecule has 22 heavy (non-hydrogen) atoms. The van der Waals surface area contributed by atoms with Gasteiger partial charge in [-0.1, -0.05) is 23.2 Å². The summed E-state index contributed by atoms with van der Waals surface area (Å²) in [6.45, 7) is 1.47. The van der Waals surface area contributed by atoms with Gasteiger partial charge in [0.15, 0.2) is 6.61 Å². The summed E-state index contributed by atoms with van der Waals surface area (Å²) in [7, 11) is 0. The summed E-state index contributed by atoms with van der Waals surface area (Å²) in [5.41, 5.74) is 0.0559. The number of benzene rings is 1. The average molecular weight is 360 g/mol. The van der Waals surface area contributed by atoms with Crippen LogP contribution in [0.4, 0.5) is 5.00 Å². The van der Waals surface area contributed by atoms with Crippen LogP contribution >= 0.6 is 34.5 Å². The van der Waals surface area contributed by atoms with Crippen LogP contribution in [0.3, 0.4) is 0 Å². The standard InChI is InChI=1S/C14H11Cl2NO4S/c1-7-4-9(14(19)20)13(22-7)17-12(18)6-21-11-3-2-8(15)5-10(11)16/h2-5H,6H2,1H3,(H,17,18)(H,19,20). The van der Waals surface area contributed by atoms with Gasteiger partial charge in [-0.25, -0.2) is 4.79 Å². The number of halogens is 2. The van der Waals surface area contributed by atoms with E-state index in [2.05, 4.69) is 5.32 Å².